The van der Waals surface area contributed by atoms with Gasteiger partial charge >= 0.3 is 0 Å². The van der Waals surface area contributed by atoms with Crippen LogP contribution in [0, 0.1) is 6.92 Å². The molecule has 0 aromatic heterocycles. The molecule has 0 atom stereocenters. The van der Waals surface area contributed by atoms with Crippen LogP contribution < -0.4 is 4.74 Å². The SMILES string of the molecule is CCN1C(=O)/C(=C/c2cccc(OC)c2)SC1=NS(=O)(=O)c1ccc(C)cc1. The van der Waals surface area contributed by atoms with E-state index in [-0.39, 0.29) is 16.0 Å². The molecule has 2 aromatic carbocycles. The van der Waals surface area contributed by atoms with Crippen molar-refractivity contribution in [1.29, 1.82) is 0 Å². The van der Waals surface area contributed by atoms with Crippen molar-refractivity contribution < 1.29 is 17.9 Å². The summed E-state index contributed by atoms with van der Waals surface area (Å²) in [5.74, 6) is 0.404. The van der Waals surface area contributed by atoms with Crippen molar-refractivity contribution in [2.24, 2.45) is 4.40 Å². The Morgan fingerprint density at radius 1 is 1.18 bits per heavy atom. The molecule has 146 valence electrons. The Morgan fingerprint density at radius 3 is 2.54 bits per heavy atom. The van der Waals surface area contributed by atoms with Gasteiger partial charge in [-0.05, 0) is 61.5 Å². The van der Waals surface area contributed by atoms with Crippen molar-refractivity contribution in [3.05, 3.63) is 64.6 Å². The number of amidine groups is 1. The summed E-state index contributed by atoms with van der Waals surface area (Å²) in [7, 11) is -2.34. The molecule has 0 bridgehead atoms. The molecule has 0 aliphatic carbocycles. The zero-order valence-corrected chi connectivity index (χ0v) is 17.4. The Balaban J connectivity index is 1.96. The van der Waals surface area contributed by atoms with E-state index in [0.717, 1.165) is 22.9 Å². The molecule has 1 heterocycles. The lowest BCUT2D eigenvalue weighted by Crippen LogP contribution is -2.29. The first-order valence-corrected chi connectivity index (χ1v) is 10.9. The van der Waals surface area contributed by atoms with E-state index in [1.807, 2.05) is 25.1 Å². The van der Waals surface area contributed by atoms with Crippen molar-refractivity contribution in [2.45, 2.75) is 18.7 Å². The quantitative estimate of drug-likeness (QED) is 0.695. The van der Waals surface area contributed by atoms with Gasteiger partial charge in [-0.25, -0.2) is 0 Å². The van der Waals surface area contributed by atoms with Gasteiger partial charge in [0.15, 0.2) is 5.17 Å². The average molecular weight is 417 g/mol. The van der Waals surface area contributed by atoms with E-state index in [1.54, 1.807) is 38.3 Å². The van der Waals surface area contributed by atoms with Crippen LogP contribution in [0.3, 0.4) is 0 Å². The van der Waals surface area contributed by atoms with E-state index in [0.29, 0.717) is 17.2 Å². The second-order valence-corrected chi connectivity index (χ2v) is 8.71. The predicted octanol–water partition coefficient (Wildman–Crippen LogP) is 3.68. The van der Waals surface area contributed by atoms with Crippen LogP contribution in [0.4, 0.5) is 0 Å². The number of thioether (sulfide) groups is 1. The summed E-state index contributed by atoms with van der Waals surface area (Å²) in [6.07, 6.45) is 1.71. The number of benzene rings is 2. The Labute approximate surface area is 169 Å². The fourth-order valence-electron chi connectivity index (χ4n) is 2.60. The van der Waals surface area contributed by atoms with Gasteiger partial charge in [0.05, 0.1) is 16.9 Å². The Morgan fingerprint density at radius 2 is 1.89 bits per heavy atom. The first kappa shape index (κ1) is 20.2. The van der Waals surface area contributed by atoms with E-state index in [1.165, 1.54) is 17.0 Å². The second-order valence-electron chi connectivity index (χ2n) is 6.10. The highest BCUT2D eigenvalue weighted by Gasteiger charge is 2.34. The molecule has 1 amide bonds. The van der Waals surface area contributed by atoms with Crippen molar-refractivity contribution in [1.82, 2.24) is 4.90 Å². The molecule has 0 unspecified atom stereocenters. The summed E-state index contributed by atoms with van der Waals surface area (Å²) in [6, 6.07) is 13.7. The fraction of sp³-hybridized carbons (Fsp3) is 0.200. The van der Waals surface area contributed by atoms with E-state index in [2.05, 4.69) is 4.40 Å². The first-order chi connectivity index (χ1) is 13.3. The number of methoxy groups -OCH3 is 1. The van der Waals surface area contributed by atoms with Gasteiger partial charge in [0.25, 0.3) is 15.9 Å². The molecule has 1 aliphatic rings. The topological polar surface area (TPSA) is 76.0 Å². The minimum atomic E-state index is -3.91. The minimum absolute atomic E-state index is 0.0972. The number of nitrogens with zero attached hydrogens (tertiary/aromatic N) is 2. The number of hydrogen-bond acceptors (Lipinski definition) is 5. The number of rotatable bonds is 5. The standard InChI is InChI=1S/C20H20N2O4S2/c1-4-22-19(23)18(13-15-6-5-7-16(12-15)26-3)27-20(22)21-28(24,25)17-10-8-14(2)9-11-17/h5-13H,4H2,1-3H3/b18-13-,21-20?. The number of hydrogen-bond donors (Lipinski definition) is 0. The van der Waals surface area contributed by atoms with Crippen LogP contribution in [-0.2, 0) is 14.8 Å². The molecule has 28 heavy (non-hydrogen) atoms. The summed E-state index contributed by atoms with van der Waals surface area (Å²) < 4.78 is 34.4. The molecule has 1 aliphatic heterocycles. The van der Waals surface area contributed by atoms with Crippen LogP contribution in [-0.4, -0.2) is 38.0 Å². The molecular weight excluding hydrogens is 396 g/mol. The lowest BCUT2D eigenvalue weighted by Gasteiger charge is -2.12. The van der Waals surface area contributed by atoms with Gasteiger partial charge in [-0.2, -0.15) is 8.42 Å². The van der Waals surface area contributed by atoms with Crippen LogP contribution >= 0.6 is 11.8 Å². The molecule has 1 fully saturated rings. The van der Waals surface area contributed by atoms with Crippen LogP contribution in [0.25, 0.3) is 6.08 Å². The maximum absolute atomic E-state index is 12.7. The number of carbonyl (C=O) groups is 1. The maximum atomic E-state index is 12.7. The summed E-state index contributed by atoms with van der Waals surface area (Å²) in [5.41, 5.74) is 1.74. The van der Waals surface area contributed by atoms with Crippen LogP contribution in [0.5, 0.6) is 5.75 Å². The molecule has 2 aromatic rings. The number of aryl methyl sites for hydroxylation is 1. The molecule has 0 saturated carbocycles. The third-order valence-corrected chi connectivity index (χ3v) is 6.52. The van der Waals surface area contributed by atoms with Gasteiger partial charge in [-0.3, -0.25) is 9.69 Å². The monoisotopic (exact) mass is 416 g/mol. The third kappa shape index (κ3) is 4.28. The number of amides is 1. The van der Waals surface area contributed by atoms with E-state index in [4.69, 9.17) is 4.74 Å². The molecule has 0 radical (unpaired) electrons. The van der Waals surface area contributed by atoms with Crippen molar-refractivity contribution in [2.75, 3.05) is 13.7 Å². The van der Waals surface area contributed by atoms with E-state index < -0.39 is 10.0 Å². The summed E-state index contributed by atoms with van der Waals surface area (Å²) in [5, 5.41) is 0.155. The third-order valence-electron chi connectivity index (χ3n) is 4.11. The van der Waals surface area contributed by atoms with Crippen molar-refractivity contribution >= 4 is 38.9 Å². The highest BCUT2D eigenvalue weighted by atomic mass is 32.2. The first-order valence-electron chi connectivity index (χ1n) is 8.61. The van der Waals surface area contributed by atoms with Gasteiger partial charge in [0.2, 0.25) is 0 Å². The minimum Gasteiger partial charge on any atom is -0.497 e. The zero-order chi connectivity index (χ0) is 20.3. The Kier molecular flexibility index (Phi) is 5.90. The van der Waals surface area contributed by atoms with Gasteiger partial charge in [0, 0.05) is 6.54 Å². The maximum Gasteiger partial charge on any atom is 0.284 e. The lowest BCUT2D eigenvalue weighted by atomic mass is 10.2. The Hall–Kier alpha value is -2.58. The van der Waals surface area contributed by atoms with Crippen LogP contribution in [0.15, 0.2) is 62.7 Å². The van der Waals surface area contributed by atoms with Gasteiger partial charge < -0.3 is 4.74 Å². The van der Waals surface area contributed by atoms with Crippen molar-refractivity contribution in [3.63, 3.8) is 0 Å². The van der Waals surface area contributed by atoms with E-state index >= 15 is 0 Å². The fourth-order valence-corrected chi connectivity index (χ4v) is 4.85. The van der Waals surface area contributed by atoms with Crippen LogP contribution in [0.1, 0.15) is 18.1 Å². The van der Waals surface area contributed by atoms with Gasteiger partial charge in [-0.15, -0.1) is 4.40 Å². The molecule has 6 nitrogen and oxygen atoms in total. The summed E-state index contributed by atoms with van der Waals surface area (Å²) in [6.45, 7) is 3.98. The molecule has 1 saturated heterocycles. The highest BCUT2D eigenvalue weighted by Crippen LogP contribution is 2.34. The summed E-state index contributed by atoms with van der Waals surface area (Å²) in [4.78, 5) is 14.6. The zero-order valence-electron chi connectivity index (χ0n) is 15.7. The number of ether oxygens (including phenoxy) is 1. The molecule has 0 spiro atoms. The van der Waals surface area contributed by atoms with Crippen molar-refractivity contribution in [3.8, 4) is 5.75 Å². The van der Waals surface area contributed by atoms with E-state index in [9.17, 15) is 13.2 Å². The summed E-state index contributed by atoms with van der Waals surface area (Å²) >= 11 is 1.05. The lowest BCUT2D eigenvalue weighted by molar-refractivity contribution is -0.122. The number of carbonyl (C=O) groups excluding carboxylic acids is 1. The smallest absolute Gasteiger partial charge is 0.284 e. The normalized spacial score (nSPS) is 17.5. The van der Waals surface area contributed by atoms with Gasteiger partial charge in [-0.1, -0.05) is 29.8 Å². The largest absolute Gasteiger partial charge is 0.497 e. The molecule has 0 N–H and O–H groups in total. The average Bonchev–Trinajstić information content (AvgIpc) is 2.95. The molecular formula is C20H20N2O4S2. The predicted molar refractivity (Wildman–Crippen MR) is 112 cm³/mol. The van der Waals surface area contributed by atoms with Gasteiger partial charge in [0.1, 0.15) is 5.75 Å². The number of likely N-dealkylation sites (N-methyl/N-ethyl adjacent to an activating group) is 1. The highest BCUT2D eigenvalue weighted by molar-refractivity contribution is 8.19. The molecule has 8 heteroatoms. The van der Waals surface area contributed by atoms with Crippen LogP contribution in [0.2, 0.25) is 0 Å². The number of sulfonamides is 1. The Bertz CT molecular complexity index is 1060. The second kappa shape index (κ2) is 8.20. The molecule has 3 rings (SSSR count).